The third-order valence-electron chi connectivity index (χ3n) is 4.30. The summed E-state index contributed by atoms with van der Waals surface area (Å²) in [5, 5.41) is 7.27. The zero-order valence-electron chi connectivity index (χ0n) is 14.0. The van der Waals surface area contributed by atoms with Gasteiger partial charge in [-0.15, -0.1) is 0 Å². The number of hydrogen-bond donors (Lipinski definition) is 1. The number of carbonyl (C=O) groups is 1. The van der Waals surface area contributed by atoms with E-state index in [2.05, 4.69) is 26.3 Å². The van der Waals surface area contributed by atoms with E-state index in [9.17, 15) is 9.59 Å². The van der Waals surface area contributed by atoms with Crippen LogP contribution < -0.4 is 15.6 Å². The first-order valence-electron chi connectivity index (χ1n) is 8.30. The van der Waals surface area contributed by atoms with Crippen LogP contribution in [0.3, 0.4) is 0 Å². The van der Waals surface area contributed by atoms with Crippen molar-refractivity contribution in [1.29, 1.82) is 0 Å². The summed E-state index contributed by atoms with van der Waals surface area (Å²) in [6.45, 7) is 0.674. The van der Waals surface area contributed by atoms with Gasteiger partial charge in [-0.25, -0.2) is 4.68 Å². The lowest BCUT2D eigenvalue weighted by Gasteiger charge is -2.16. The number of ether oxygens (including phenoxy) is 1. The van der Waals surface area contributed by atoms with Gasteiger partial charge in [0.25, 0.3) is 11.5 Å². The van der Waals surface area contributed by atoms with Gasteiger partial charge in [-0.2, -0.15) is 5.10 Å². The molecule has 0 saturated heterocycles. The molecule has 1 N–H and O–H groups in total. The number of nitrogens with zero attached hydrogens (tertiary/aromatic N) is 2. The summed E-state index contributed by atoms with van der Waals surface area (Å²) in [5.74, 6) is 0.387. The van der Waals surface area contributed by atoms with Gasteiger partial charge < -0.3 is 10.1 Å². The Kier molecular flexibility index (Phi) is 5.53. The Hall–Kier alpha value is -2.15. The molecule has 0 fully saturated rings. The number of halogens is 1. The van der Waals surface area contributed by atoms with Gasteiger partial charge in [0.2, 0.25) is 0 Å². The molecule has 0 bridgehead atoms. The highest BCUT2D eigenvalue weighted by Crippen LogP contribution is 2.22. The molecular formula is C18H20BrN3O3. The van der Waals surface area contributed by atoms with Crippen LogP contribution in [0.2, 0.25) is 0 Å². The summed E-state index contributed by atoms with van der Waals surface area (Å²) in [7, 11) is 1.55. The zero-order chi connectivity index (χ0) is 17.8. The number of carbonyl (C=O) groups excluding carboxylic acids is 1. The molecule has 1 aliphatic carbocycles. The first kappa shape index (κ1) is 17.7. The molecule has 1 aromatic heterocycles. The minimum absolute atomic E-state index is 0.113. The Morgan fingerprint density at radius 3 is 2.92 bits per heavy atom. The minimum Gasteiger partial charge on any atom is -0.497 e. The summed E-state index contributed by atoms with van der Waals surface area (Å²) in [4.78, 5) is 24.5. The summed E-state index contributed by atoms with van der Waals surface area (Å²) < 4.78 is 7.27. The van der Waals surface area contributed by atoms with Crippen molar-refractivity contribution in [2.24, 2.45) is 0 Å². The highest BCUT2D eigenvalue weighted by atomic mass is 79.9. The van der Waals surface area contributed by atoms with Crippen LogP contribution in [0.15, 0.2) is 33.5 Å². The summed E-state index contributed by atoms with van der Waals surface area (Å²) in [5.41, 5.74) is 2.45. The van der Waals surface area contributed by atoms with Crippen LogP contribution in [0.1, 0.15) is 34.5 Å². The van der Waals surface area contributed by atoms with Gasteiger partial charge in [0.15, 0.2) is 0 Å². The van der Waals surface area contributed by atoms with E-state index in [1.807, 2.05) is 0 Å². The Balaban J connectivity index is 1.65. The van der Waals surface area contributed by atoms with Crippen molar-refractivity contribution in [3.8, 4) is 5.75 Å². The number of nitrogens with one attached hydrogen (secondary N) is 1. The Bertz CT molecular complexity index is 848. The van der Waals surface area contributed by atoms with Crippen LogP contribution in [0.4, 0.5) is 0 Å². The van der Waals surface area contributed by atoms with Crippen molar-refractivity contribution in [3.63, 3.8) is 0 Å². The van der Waals surface area contributed by atoms with E-state index in [4.69, 9.17) is 4.74 Å². The Morgan fingerprint density at radius 1 is 1.32 bits per heavy atom. The van der Waals surface area contributed by atoms with Crippen LogP contribution in [-0.4, -0.2) is 29.3 Å². The molecule has 0 aliphatic heterocycles. The number of methoxy groups -OCH3 is 1. The van der Waals surface area contributed by atoms with Crippen molar-refractivity contribution < 1.29 is 9.53 Å². The quantitative estimate of drug-likeness (QED) is 0.828. The molecule has 1 aliphatic rings. The van der Waals surface area contributed by atoms with Crippen LogP contribution in [0.5, 0.6) is 5.75 Å². The molecule has 2 aromatic rings. The largest absolute Gasteiger partial charge is 0.497 e. The molecular weight excluding hydrogens is 386 g/mol. The number of rotatable bonds is 5. The van der Waals surface area contributed by atoms with Gasteiger partial charge in [0.05, 0.1) is 24.9 Å². The highest BCUT2D eigenvalue weighted by Gasteiger charge is 2.14. The van der Waals surface area contributed by atoms with E-state index in [1.54, 1.807) is 31.4 Å². The van der Waals surface area contributed by atoms with E-state index in [0.29, 0.717) is 28.9 Å². The molecule has 25 heavy (non-hydrogen) atoms. The number of hydrogen-bond acceptors (Lipinski definition) is 4. The Labute approximate surface area is 154 Å². The second kappa shape index (κ2) is 7.82. The fourth-order valence-electron chi connectivity index (χ4n) is 2.94. The zero-order valence-corrected chi connectivity index (χ0v) is 15.6. The van der Waals surface area contributed by atoms with E-state index in [1.165, 1.54) is 4.68 Å². The molecule has 1 amide bonds. The topological polar surface area (TPSA) is 73.2 Å². The lowest BCUT2D eigenvalue weighted by molar-refractivity contribution is 0.0950. The summed E-state index contributed by atoms with van der Waals surface area (Å²) in [6, 6.07) is 6.89. The summed E-state index contributed by atoms with van der Waals surface area (Å²) in [6.07, 6.45) is 4.07. The number of benzene rings is 1. The molecule has 0 saturated carbocycles. The number of aromatic nitrogens is 2. The minimum atomic E-state index is -0.225. The summed E-state index contributed by atoms with van der Waals surface area (Å²) >= 11 is 3.37. The van der Waals surface area contributed by atoms with Crippen molar-refractivity contribution in [1.82, 2.24) is 15.1 Å². The lowest BCUT2D eigenvalue weighted by Crippen LogP contribution is -2.33. The molecule has 0 unspecified atom stereocenters. The first-order valence-corrected chi connectivity index (χ1v) is 9.09. The second-order valence-electron chi connectivity index (χ2n) is 5.99. The van der Waals surface area contributed by atoms with E-state index >= 15 is 0 Å². The average Bonchev–Trinajstić information content (AvgIpc) is 2.62. The molecule has 1 aromatic carbocycles. The van der Waals surface area contributed by atoms with Gasteiger partial charge >= 0.3 is 0 Å². The maximum absolute atomic E-state index is 12.3. The van der Waals surface area contributed by atoms with Crippen LogP contribution in [-0.2, 0) is 19.4 Å². The average molecular weight is 406 g/mol. The number of fused-ring (bicyclic) bond motifs is 1. The van der Waals surface area contributed by atoms with Gasteiger partial charge in [0, 0.05) is 17.1 Å². The van der Waals surface area contributed by atoms with E-state index < -0.39 is 0 Å². The van der Waals surface area contributed by atoms with Crippen molar-refractivity contribution in [3.05, 3.63) is 55.9 Å². The second-order valence-corrected chi connectivity index (χ2v) is 6.84. The molecule has 1 heterocycles. The highest BCUT2D eigenvalue weighted by molar-refractivity contribution is 9.10. The van der Waals surface area contributed by atoms with Gasteiger partial charge in [-0.3, -0.25) is 9.59 Å². The van der Waals surface area contributed by atoms with E-state index in [0.717, 1.165) is 36.9 Å². The normalized spacial score (nSPS) is 13.2. The number of amides is 1. The molecule has 6 nitrogen and oxygen atoms in total. The third kappa shape index (κ3) is 4.10. The van der Waals surface area contributed by atoms with E-state index in [-0.39, 0.29) is 11.5 Å². The molecule has 0 atom stereocenters. The van der Waals surface area contributed by atoms with Gasteiger partial charge in [-0.1, -0.05) is 0 Å². The van der Waals surface area contributed by atoms with Crippen LogP contribution in [0.25, 0.3) is 0 Å². The maximum atomic E-state index is 12.3. The van der Waals surface area contributed by atoms with Crippen molar-refractivity contribution >= 4 is 21.8 Å². The third-order valence-corrected chi connectivity index (χ3v) is 4.99. The molecule has 7 heteroatoms. The van der Waals surface area contributed by atoms with Crippen LogP contribution >= 0.6 is 15.9 Å². The lowest BCUT2D eigenvalue weighted by atomic mass is 9.97. The smallest absolute Gasteiger partial charge is 0.267 e. The predicted octanol–water partition coefficient (Wildman–Crippen LogP) is 2.32. The molecule has 0 spiro atoms. The first-order chi connectivity index (χ1) is 12.1. The van der Waals surface area contributed by atoms with Gasteiger partial charge in [-0.05, 0) is 65.4 Å². The Morgan fingerprint density at radius 2 is 2.12 bits per heavy atom. The fourth-order valence-corrected chi connectivity index (χ4v) is 3.36. The molecule has 0 radical (unpaired) electrons. The SMILES string of the molecule is COc1ccc(Br)c(C(=O)NCCn2nc3c(cc2=O)CCCC3)c1. The maximum Gasteiger partial charge on any atom is 0.267 e. The fraction of sp³-hybridized carbons (Fsp3) is 0.389. The van der Waals surface area contributed by atoms with Gasteiger partial charge in [0.1, 0.15) is 5.75 Å². The molecule has 3 rings (SSSR count). The monoisotopic (exact) mass is 405 g/mol. The van der Waals surface area contributed by atoms with Crippen molar-refractivity contribution in [2.45, 2.75) is 32.2 Å². The van der Waals surface area contributed by atoms with Crippen molar-refractivity contribution in [2.75, 3.05) is 13.7 Å². The van der Waals surface area contributed by atoms with Crippen LogP contribution in [0, 0.1) is 0 Å². The molecule has 132 valence electrons. The standard InChI is InChI=1S/C18H20BrN3O3/c1-25-13-6-7-15(19)14(11-13)18(24)20-8-9-22-17(23)10-12-4-2-3-5-16(12)21-22/h6-7,10-11H,2-5,8-9H2,1H3,(H,20,24). The number of aryl methyl sites for hydroxylation is 2. The predicted molar refractivity (Wildman–Crippen MR) is 98.2 cm³/mol.